The number of halogens is 3. The van der Waals surface area contributed by atoms with Gasteiger partial charge < -0.3 is 19.3 Å². The molecule has 2 aliphatic rings. The van der Waals surface area contributed by atoms with E-state index in [1.165, 1.54) is 0 Å². The first-order valence-electron chi connectivity index (χ1n) is 13.4. The van der Waals surface area contributed by atoms with Crippen LogP contribution in [0, 0.1) is 17.1 Å². The molecule has 13 heteroatoms. The molecule has 0 bridgehead atoms. The Kier molecular flexibility index (Phi) is 8.10. The highest BCUT2D eigenvalue weighted by Crippen LogP contribution is 2.40. The number of amides is 1. The van der Waals surface area contributed by atoms with E-state index in [0.717, 1.165) is 19.4 Å². The zero-order valence-corrected chi connectivity index (χ0v) is 25.3. The number of nitrogens with zero attached hydrogens (tertiary/aromatic N) is 7. The molecule has 0 radical (unpaired) electrons. The Morgan fingerprint density at radius 3 is 2.73 bits per heavy atom. The van der Waals surface area contributed by atoms with Crippen molar-refractivity contribution >= 4 is 55.6 Å². The van der Waals surface area contributed by atoms with Gasteiger partial charge in [-0.15, -0.1) is 5.10 Å². The Morgan fingerprint density at radius 1 is 1.27 bits per heavy atom. The number of likely N-dealkylation sites (tertiary alicyclic amines) is 2. The molecule has 3 aromatic rings. The van der Waals surface area contributed by atoms with Gasteiger partial charge in [-0.25, -0.2) is 18.9 Å². The molecule has 2 saturated heterocycles. The molecule has 214 valence electrons. The SMILES string of the molecule is CN1CCC[C@H]1COc1nc2c(F)c(Br)c(Cl)cc2c2c1nnn2[C@H]1CCN(C(=O)OC(C)(C)C)[C@H](CC#N)C1. The number of pyridine rings is 1. The minimum absolute atomic E-state index is 0.0990. The van der Waals surface area contributed by atoms with Gasteiger partial charge in [0.25, 0.3) is 0 Å². The standard InChI is InChI=1S/C27H32BrClFN7O3/c1-27(2,3)40-26(38)36-11-8-16(12-15(36)7-9-31)37-24-18-13-19(29)20(28)21(30)22(18)32-25(23(24)33-34-37)39-14-17-6-5-10-35(17)4/h13,15-17H,5-8,10-12,14H2,1-4H3/t15-,16+,17+/m1/s1. The number of carbonyl (C=O) groups excluding carboxylic acids is 1. The smallest absolute Gasteiger partial charge is 0.410 e. The highest BCUT2D eigenvalue weighted by atomic mass is 79.9. The van der Waals surface area contributed by atoms with Gasteiger partial charge in [-0.05, 0) is 82.0 Å². The molecule has 3 atom stereocenters. The number of rotatable bonds is 5. The quantitative estimate of drug-likeness (QED) is 0.321. The Hall–Kier alpha value is -2.75. The fraction of sp³-hybridized carbons (Fsp3) is 0.593. The molecule has 0 aliphatic carbocycles. The van der Waals surface area contributed by atoms with Gasteiger partial charge in [0.1, 0.15) is 23.2 Å². The Bertz CT molecular complexity index is 1490. The lowest BCUT2D eigenvalue weighted by molar-refractivity contribution is 0.00557. The van der Waals surface area contributed by atoms with Gasteiger partial charge in [0.05, 0.1) is 34.1 Å². The first-order valence-corrected chi connectivity index (χ1v) is 14.6. The molecule has 0 saturated carbocycles. The second-order valence-corrected chi connectivity index (χ2v) is 12.7. The zero-order chi connectivity index (χ0) is 28.8. The summed E-state index contributed by atoms with van der Waals surface area (Å²) >= 11 is 9.61. The van der Waals surface area contributed by atoms with E-state index >= 15 is 4.39 Å². The van der Waals surface area contributed by atoms with Crippen molar-refractivity contribution in [3.8, 4) is 11.9 Å². The van der Waals surface area contributed by atoms with Crippen LogP contribution in [0.2, 0.25) is 5.02 Å². The van der Waals surface area contributed by atoms with Gasteiger partial charge in [0.15, 0.2) is 11.3 Å². The predicted octanol–water partition coefficient (Wildman–Crippen LogP) is 5.86. The number of benzene rings is 1. The lowest BCUT2D eigenvalue weighted by Gasteiger charge is -2.39. The van der Waals surface area contributed by atoms with Crippen LogP contribution in [0.5, 0.6) is 5.88 Å². The molecule has 2 aromatic heterocycles. The molecule has 0 spiro atoms. The van der Waals surface area contributed by atoms with E-state index in [-0.39, 0.29) is 45.4 Å². The summed E-state index contributed by atoms with van der Waals surface area (Å²) < 4.78 is 29.1. The minimum Gasteiger partial charge on any atom is -0.474 e. The third-order valence-corrected chi connectivity index (χ3v) is 8.88. The van der Waals surface area contributed by atoms with Crippen LogP contribution in [0.25, 0.3) is 21.9 Å². The summed E-state index contributed by atoms with van der Waals surface area (Å²) in [5.41, 5.74) is 0.416. The molecule has 40 heavy (non-hydrogen) atoms. The summed E-state index contributed by atoms with van der Waals surface area (Å²) in [5, 5.41) is 19.1. The van der Waals surface area contributed by atoms with Crippen LogP contribution in [0.3, 0.4) is 0 Å². The number of fused-ring (bicyclic) bond motifs is 3. The predicted molar refractivity (Wildman–Crippen MR) is 152 cm³/mol. The highest BCUT2D eigenvalue weighted by Gasteiger charge is 2.36. The second kappa shape index (κ2) is 11.3. The van der Waals surface area contributed by atoms with Crippen LogP contribution >= 0.6 is 27.5 Å². The van der Waals surface area contributed by atoms with E-state index in [4.69, 9.17) is 21.1 Å². The summed E-state index contributed by atoms with van der Waals surface area (Å²) in [6.07, 6.45) is 2.78. The molecular formula is C27H32BrClFN7O3. The highest BCUT2D eigenvalue weighted by molar-refractivity contribution is 9.10. The van der Waals surface area contributed by atoms with E-state index in [1.807, 2.05) is 20.8 Å². The molecular weight excluding hydrogens is 605 g/mol. The molecule has 1 amide bonds. The Morgan fingerprint density at radius 2 is 2.05 bits per heavy atom. The third kappa shape index (κ3) is 5.56. The van der Waals surface area contributed by atoms with Crippen molar-refractivity contribution < 1.29 is 18.7 Å². The molecule has 4 heterocycles. The molecule has 5 rings (SSSR count). The van der Waals surface area contributed by atoms with Crippen molar-refractivity contribution in [2.45, 2.75) is 76.6 Å². The maximum absolute atomic E-state index is 15.5. The number of hydrogen-bond acceptors (Lipinski definition) is 8. The number of nitriles is 1. The van der Waals surface area contributed by atoms with Crippen LogP contribution in [0.15, 0.2) is 10.5 Å². The number of hydrogen-bond donors (Lipinski definition) is 0. The van der Waals surface area contributed by atoms with Crippen molar-refractivity contribution in [1.29, 1.82) is 5.26 Å². The van der Waals surface area contributed by atoms with Crippen molar-refractivity contribution in [3.05, 3.63) is 21.4 Å². The first-order chi connectivity index (χ1) is 19.0. The summed E-state index contributed by atoms with van der Waals surface area (Å²) in [6.45, 7) is 7.19. The van der Waals surface area contributed by atoms with E-state index in [0.29, 0.717) is 42.4 Å². The van der Waals surface area contributed by atoms with Crippen LogP contribution in [-0.2, 0) is 4.74 Å². The number of ether oxygens (including phenoxy) is 2. The molecule has 10 nitrogen and oxygen atoms in total. The summed E-state index contributed by atoms with van der Waals surface area (Å²) in [4.78, 5) is 21.3. The minimum atomic E-state index is -0.652. The summed E-state index contributed by atoms with van der Waals surface area (Å²) in [5.74, 6) is -0.385. The fourth-order valence-electron chi connectivity index (χ4n) is 5.55. The van der Waals surface area contributed by atoms with E-state index in [9.17, 15) is 10.1 Å². The van der Waals surface area contributed by atoms with Crippen molar-refractivity contribution in [3.63, 3.8) is 0 Å². The maximum Gasteiger partial charge on any atom is 0.410 e. The average molecular weight is 637 g/mol. The van der Waals surface area contributed by atoms with Gasteiger partial charge in [0.2, 0.25) is 5.88 Å². The topological polar surface area (TPSA) is 109 Å². The molecule has 1 aromatic carbocycles. The van der Waals surface area contributed by atoms with Gasteiger partial charge >= 0.3 is 6.09 Å². The average Bonchev–Trinajstić information content (AvgIpc) is 3.52. The lowest BCUT2D eigenvalue weighted by atomic mass is 9.95. The number of carbonyl (C=O) groups is 1. The molecule has 0 N–H and O–H groups in total. The lowest BCUT2D eigenvalue weighted by Crippen LogP contribution is -2.48. The first kappa shape index (κ1) is 28.8. The second-order valence-electron chi connectivity index (χ2n) is 11.5. The molecule has 2 fully saturated rings. The number of piperidine rings is 1. The maximum atomic E-state index is 15.5. The van der Waals surface area contributed by atoms with Crippen LogP contribution in [0.4, 0.5) is 9.18 Å². The number of likely N-dealkylation sites (N-methyl/N-ethyl adjacent to an activating group) is 1. The van der Waals surface area contributed by atoms with Crippen LogP contribution in [-0.4, -0.2) is 80.3 Å². The van der Waals surface area contributed by atoms with Crippen molar-refractivity contribution in [2.75, 3.05) is 26.7 Å². The van der Waals surface area contributed by atoms with Crippen molar-refractivity contribution in [1.82, 2.24) is 29.8 Å². The van der Waals surface area contributed by atoms with E-state index in [1.54, 1.807) is 15.6 Å². The largest absolute Gasteiger partial charge is 0.474 e. The molecule has 2 aliphatic heterocycles. The van der Waals surface area contributed by atoms with Crippen LogP contribution in [0.1, 0.15) is 58.9 Å². The molecule has 0 unspecified atom stereocenters. The van der Waals surface area contributed by atoms with Gasteiger partial charge in [-0.1, -0.05) is 16.8 Å². The summed E-state index contributed by atoms with van der Waals surface area (Å²) in [7, 11) is 2.06. The van der Waals surface area contributed by atoms with Gasteiger partial charge in [-0.2, -0.15) is 5.26 Å². The van der Waals surface area contributed by atoms with Crippen molar-refractivity contribution in [2.24, 2.45) is 0 Å². The normalized spacial score (nSPS) is 22.1. The van der Waals surface area contributed by atoms with Gasteiger partial charge in [0, 0.05) is 18.0 Å². The van der Waals surface area contributed by atoms with E-state index in [2.05, 4.69) is 49.2 Å². The third-order valence-electron chi connectivity index (χ3n) is 7.57. The Balaban J connectivity index is 1.55. The number of aromatic nitrogens is 4. The zero-order valence-electron chi connectivity index (χ0n) is 23.0. The summed E-state index contributed by atoms with van der Waals surface area (Å²) in [6, 6.07) is 3.48. The monoisotopic (exact) mass is 635 g/mol. The van der Waals surface area contributed by atoms with Crippen LogP contribution < -0.4 is 4.74 Å². The fourth-order valence-corrected chi connectivity index (χ4v) is 6.05. The van der Waals surface area contributed by atoms with Gasteiger partial charge in [-0.3, -0.25) is 0 Å². The Labute approximate surface area is 245 Å². The van der Waals surface area contributed by atoms with E-state index < -0.39 is 17.5 Å².